The van der Waals surface area contributed by atoms with Crippen LogP contribution >= 0.6 is 11.6 Å². The maximum Gasteiger partial charge on any atom is 0.329 e. The zero-order valence-electron chi connectivity index (χ0n) is 15.4. The van der Waals surface area contributed by atoms with Crippen molar-refractivity contribution in [2.45, 2.75) is 51.0 Å². The van der Waals surface area contributed by atoms with Gasteiger partial charge in [-0.15, -0.1) is 0 Å². The minimum absolute atomic E-state index is 0.112. The van der Waals surface area contributed by atoms with E-state index in [9.17, 15) is 14.4 Å². The van der Waals surface area contributed by atoms with Crippen molar-refractivity contribution in [3.05, 3.63) is 34.9 Å². The van der Waals surface area contributed by atoms with E-state index in [4.69, 9.17) is 21.4 Å². The first kappa shape index (κ1) is 21.4. The number of hydrogen-bond acceptors (Lipinski definition) is 4. The van der Waals surface area contributed by atoms with Crippen molar-refractivity contribution in [2.75, 3.05) is 19.8 Å². The lowest BCUT2D eigenvalue weighted by molar-refractivity contribution is -0.142. The normalized spacial score (nSPS) is 16.7. The van der Waals surface area contributed by atoms with Gasteiger partial charge >= 0.3 is 5.97 Å². The Morgan fingerprint density at radius 1 is 1.30 bits per heavy atom. The molecule has 1 atom stereocenters. The smallest absolute Gasteiger partial charge is 0.329 e. The molecule has 1 aromatic rings. The highest BCUT2D eigenvalue weighted by Crippen LogP contribution is 2.23. The molecule has 1 N–H and O–H groups in total. The van der Waals surface area contributed by atoms with Gasteiger partial charge in [0.1, 0.15) is 12.4 Å². The van der Waals surface area contributed by atoms with Crippen LogP contribution < -0.4 is 0 Å². The van der Waals surface area contributed by atoms with Gasteiger partial charge in [0.2, 0.25) is 5.91 Å². The standard InChI is InChI=1S/C20H26ClNO5/c21-16-5-3-4-15(12-16)13-18(23)8-6-17-7-9-19(24)22(17)10-1-2-11-27-14-20(25)26/h3-5,12,17H,1-2,6-11,13-14H2,(H,25,26)/t17-/m0/s1. The molecule has 0 spiro atoms. The highest BCUT2D eigenvalue weighted by atomic mass is 35.5. The summed E-state index contributed by atoms with van der Waals surface area (Å²) in [6, 6.07) is 7.42. The number of carbonyl (C=O) groups excluding carboxylic acids is 2. The predicted octanol–water partition coefficient (Wildman–Crippen LogP) is 3.10. The van der Waals surface area contributed by atoms with E-state index >= 15 is 0 Å². The minimum Gasteiger partial charge on any atom is -0.480 e. The van der Waals surface area contributed by atoms with Crippen molar-refractivity contribution < 1.29 is 24.2 Å². The van der Waals surface area contributed by atoms with E-state index in [2.05, 4.69) is 0 Å². The number of unbranched alkanes of at least 4 members (excludes halogenated alkanes) is 1. The van der Waals surface area contributed by atoms with Crippen molar-refractivity contribution in [2.24, 2.45) is 0 Å². The second kappa shape index (κ2) is 11.0. The molecule has 1 aliphatic rings. The summed E-state index contributed by atoms with van der Waals surface area (Å²) in [4.78, 5) is 36.6. The van der Waals surface area contributed by atoms with Crippen molar-refractivity contribution in [1.29, 1.82) is 0 Å². The van der Waals surface area contributed by atoms with Crippen LogP contribution in [0.4, 0.5) is 0 Å². The number of aliphatic carboxylic acids is 1. The molecule has 0 radical (unpaired) electrons. The topological polar surface area (TPSA) is 83.9 Å². The van der Waals surface area contributed by atoms with Gasteiger partial charge in [0.05, 0.1) is 0 Å². The molecule has 0 saturated carbocycles. The number of carboxylic acid groups (broad SMARTS) is 1. The number of ether oxygens (including phenoxy) is 1. The second-order valence-corrected chi connectivity index (χ2v) is 7.25. The van der Waals surface area contributed by atoms with Crippen molar-refractivity contribution in [1.82, 2.24) is 4.90 Å². The average Bonchev–Trinajstić information content (AvgIpc) is 2.96. The number of carboxylic acids is 1. The van der Waals surface area contributed by atoms with Crippen LogP contribution in [-0.4, -0.2) is 53.5 Å². The second-order valence-electron chi connectivity index (χ2n) is 6.82. The molecule has 0 unspecified atom stereocenters. The molecule has 1 fully saturated rings. The zero-order chi connectivity index (χ0) is 19.6. The van der Waals surface area contributed by atoms with Gasteiger partial charge in [-0.25, -0.2) is 4.79 Å². The van der Waals surface area contributed by atoms with Gasteiger partial charge in [-0.2, -0.15) is 0 Å². The largest absolute Gasteiger partial charge is 0.480 e. The maximum atomic E-state index is 12.2. The summed E-state index contributed by atoms with van der Waals surface area (Å²) in [6.45, 7) is 0.708. The molecule has 0 aromatic heterocycles. The van der Waals surface area contributed by atoms with E-state index in [1.54, 1.807) is 12.1 Å². The number of ketones is 1. The lowest BCUT2D eigenvalue weighted by Gasteiger charge is -2.24. The molecule has 1 saturated heterocycles. The average molecular weight is 396 g/mol. The number of carbonyl (C=O) groups is 3. The van der Waals surface area contributed by atoms with E-state index in [0.717, 1.165) is 18.4 Å². The summed E-state index contributed by atoms with van der Waals surface area (Å²) in [5.41, 5.74) is 0.910. The summed E-state index contributed by atoms with van der Waals surface area (Å²) in [7, 11) is 0. The maximum absolute atomic E-state index is 12.2. The quantitative estimate of drug-likeness (QED) is 0.550. The van der Waals surface area contributed by atoms with Gasteiger partial charge in [-0.1, -0.05) is 23.7 Å². The number of rotatable bonds is 12. The SMILES string of the molecule is O=C(O)COCCCCN1C(=O)CC[C@@H]1CCC(=O)Cc1cccc(Cl)c1. The van der Waals surface area contributed by atoms with Crippen LogP contribution in [0.25, 0.3) is 0 Å². The Hall–Kier alpha value is -1.92. The molecule has 2 rings (SSSR count). The lowest BCUT2D eigenvalue weighted by atomic mass is 10.0. The molecule has 27 heavy (non-hydrogen) atoms. The Labute approximate surface area is 164 Å². The number of halogens is 1. The Balaban J connectivity index is 1.70. The van der Waals surface area contributed by atoms with E-state index in [1.165, 1.54) is 0 Å². The van der Waals surface area contributed by atoms with Gasteiger partial charge < -0.3 is 14.7 Å². The predicted molar refractivity (Wildman–Crippen MR) is 102 cm³/mol. The molecule has 1 aliphatic heterocycles. The Morgan fingerprint density at radius 3 is 2.85 bits per heavy atom. The van der Waals surface area contributed by atoms with Crippen molar-refractivity contribution in [3.8, 4) is 0 Å². The third kappa shape index (κ3) is 7.69. The van der Waals surface area contributed by atoms with Crippen LogP contribution in [0.3, 0.4) is 0 Å². The van der Waals surface area contributed by atoms with Gasteiger partial charge in [0.15, 0.2) is 0 Å². The van der Waals surface area contributed by atoms with Crippen LogP contribution in [0.1, 0.15) is 44.1 Å². The first-order valence-corrected chi connectivity index (χ1v) is 9.68. The molecule has 7 heteroatoms. The number of nitrogens with zero attached hydrogens (tertiary/aromatic N) is 1. The van der Waals surface area contributed by atoms with Crippen LogP contribution in [0, 0.1) is 0 Å². The molecule has 0 aliphatic carbocycles. The van der Waals surface area contributed by atoms with Crippen molar-refractivity contribution >= 4 is 29.3 Å². The van der Waals surface area contributed by atoms with Crippen LogP contribution in [0.5, 0.6) is 0 Å². The van der Waals surface area contributed by atoms with Gasteiger partial charge in [-0.05, 0) is 43.4 Å². The number of benzene rings is 1. The van der Waals surface area contributed by atoms with E-state index in [-0.39, 0.29) is 24.3 Å². The molecule has 1 amide bonds. The highest BCUT2D eigenvalue weighted by Gasteiger charge is 2.30. The number of Topliss-reactive ketones (excluding diaryl/α,β-unsaturated/α-hetero) is 1. The van der Waals surface area contributed by atoms with Gasteiger partial charge in [0, 0.05) is 43.5 Å². The Kier molecular flexibility index (Phi) is 8.75. The van der Waals surface area contributed by atoms with E-state index in [0.29, 0.717) is 50.3 Å². The number of likely N-dealkylation sites (tertiary alicyclic amines) is 1. The van der Waals surface area contributed by atoms with Crippen molar-refractivity contribution in [3.63, 3.8) is 0 Å². The van der Waals surface area contributed by atoms with Crippen LogP contribution in [0.2, 0.25) is 5.02 Å². The summed E-state index contributed by atoms with van der Waals surface area (Å²) >= 11 is 5.95. The van der Waals surface area contributed by atoms with E-state index < -0.39 is 5.97 Å². The third-order valence-corrected chi connectivity index (χ3v) is 4.90. The molecule has 1 aromatic carbocycles. The molecule has 1 heterocycles. The number of amides is 1. The molecular formula is C20H26ClNO5. The summed E-state index contributed by atoms with van der Waals surface area (Å²) < 4.78 is 5.00. The summed E-state index contributed by atoms with van der Waals surface area (Å²) in [6.07, 6.45) is 4.28. The van der Waals surface area contributed by atoms with Crippen LogP contribution in [0.15, 0.2) is 24.3 Å². The number of hydrogen-bond donors (Lipinski definition) is 1. The molecule has 0 bridgehead atoms. The highest BCUT2D eigenvalue weighted by molar-refractivity contribution is 6.30. The molecular weight excluding hydrogens is 370 g/mol. The zero-order valence-corrected chi connectivity index (χ0v) is 16.1. The fourth-order valence-electron chi connectivity index (χ4n) is 3.34. The van der Waals surface area contributed by atoms with Gasteiger partial charge in [0.25, 0.3) is 0 Å². The molecule has 6 nitrogen and oxygen atoms in total. The monoisotopic (exact) mass is 395 g/mol. The summed E-state index contributed by atoms with van der Waals surface area (Å²) in [5, 5.41) is 9.14. The van der Waals surface area contributed by atoms with E-state index in [1.807, 2.05) is 17.0 Å². The minimum atomic E-state index is -0.979. The van der Waals surface area contributed by atoms with Gasteiger partial charge in [-0.3, -0.25) is 9.59 Å². The summed E-state index contributed by atoms with van der Waals surface area (Å²) in [5.74, 6) is -0.695. The first-order valence-electron chi connectivity index (χ1n) is 9.31. The Bertz CT molecular complexity index is 664. The fraction of sp³-hybridized carbons (Fsp3) is 0.550. The third-order valence-electron chi connectivity index (χ3n) is 4.66. The first-order chi connectivity index (χ1) is 13.0. The Morgan fingerprint density at radius 2 is 2.11 bits per heavy atom. The fourth-order valence-corrected chi connectivity index (χ4v) is 3.55. The molecule has 148 valence electrons. The van der Waals surface area contributed by atoms with Crippen LogP contribution in [-0.2, 0) is 25.5 Å². The lowest BCUT2D eigenvalue weighted by Crippen LogP contribution is -2.34.